The highest BCUT2D eigenvalue weighted by atomic mass is 15.2. The molecule has 0 fully saturated rings. The average Bonchev–Trinajstić information content (AvgIpc) is 3.37. The molecule has 0 bridgehead atoms. The van der Waals surface area contributed by atoms with Crippen molar-refractivity contribution >= 4 is 51.2 Å². The predicted octanol–water partition coefficient (Wildman–Crippen LogP) is 17.4. The van der Waals surface area contributed by atoms with Gasteiger partial charge in [0.1, 0.15) is 0 Å². The van der Waals surface area contributed by atoms with Gasteiger partial charge in [-0.15, -0.1) is 0 Å². The third kappa shape index (κ3) is 8.56. The molecule has 0 N–H and O–H groups in total. The second-order valence-electron chi connectivity index (χ2n) is 15.9. The lowest BCUT2D eigenvalue weighted by molar-refractivity contribution is 1.28. The summed E-state index contributed by atoms with van der Waals surface area (Å²) in [7, 11) is 0. The fourth-order valence-corrected chi connectivity index (χ4v) is 8.41. The SMILES string of the molecule is Cc1ccc(-c2ccc(N(c3ccccc3)c3ccc(-c4ccc(N(c5ccccc5)c5ccc(-c6ccc(N(c7ccccc7)c7ccccc7)cc6)cc5)cc4)cc3)cc2)cc1. The van der Waals surface area contributed by atoms with E-state index in [0.29, 0.717) is 0 Å². The molecule has 10 rings (SSSR count). The summed E-state index contributed by atoms with van der Waals surface area (Å²) in [6, 6.07) is 95.3. The van der Waals surface area contributed by atoms with Gasteiger partial charge in [0.25, 0.3) is 0 Å². The third-order valence-corrected chi connectivity index (χ3v) is 11.7. The van der Waals surface area contributed by atoms with Crippen molar-refractivity contribution in [3.05, 3.63) is 272 Å². The molecule has 0 aliphatic heterocycles. The van der Waals surface area contributed by atoms with Crippen LogP contribution in [0.1, 0.15) is 5.56 Å². The lowest BCUT2D eigenvalue weighted by Crippen LogP contribution is -2.10. The minimum atomic E-state index is 1.09. The maximum atomic E-state index is 2.32. The molecular weight excluding hydrogens is 775 g/mol. The van der Waals surface area contributed by atoms with Gasteiger partial charge >= 0.3 is 0 Å². The zero-order valence-corrected chi connectivity index (χ0v) is 35.7. The minimum Gasteiger partial charge on any atom is -0.311 e. The standard InChI is InChI=1S/C61H47N3/c1-46-22-24-47(25-23-46)48-26-38-58(39-27-48)63(55-18-10-4-11-19-55)59-42-32-51(33-43-59)52-34-44-61(45-35-52)64(56-20-12-5-13-21-56)60-40-30-50(31-41-60)49-28-36-57(37-29-49)62(53-14-6-2-7-15-53)54-16-8-3-9-17-54/h2-45H,1H3. The largest absolute Gasteiger partial charge is 0.311 e. The van der Waals surface area contributed by atoms with Crippen LogP contribution in [0, 0.1) is 6.92 Å². The van der Waals surface area contributed by atoms with E-state index in [4.69, 9.17) is 0 Å². The van der Waals surface area contributed by atoms with Crippen molar-refractivity contribution < 1.29 is 0 Å². The van der Waals surface area contributed by atoms with Gasteiger partial charge in [-0.2, -0.15) is 0 Å². The van der Waals surface area contributed by atoms with Gasteiger partial charge in [-0.3, -0.25) is 0 Å². The van der Waals surface area contributed by atoms with E-state index in [1.54, 1.807) is 0 Å². The first-order chi connectivity index (χ1) is 31.6. The number of rotatable bonds is 12. The summed E-state index contributed by atoms with van der Waals surface area (Å²) >= 11 is 0. The Morgan fingerprint density at radius 2 is 0.328 bits per heavy atom. The Morgan fingerprint density at radius 3 is 0.516 bits per heavy atom. The molecule has 0 aromatic heterocycles. The van der Waals surface area contributed by atoms with Crippen LogP contribution in [-0.2, 0) is 0 Å². The van der Waals surface area contributed by atoms with E-state index in [1.807, 2.05) is 0 Å². The molecule has 306 valence electrons. The fourth-order valence-electron chi connectivity index (χ4n) is 8.41. The Balaban J connectivity index is 0.895. The van der Waals surface area contributed by atoms with Crippen LogP contribution in [0.25, 0.3) is 33.4 Å². The summed E-state index contributed by atoms with van der Waals surface area (Å²) < 4.78 is 0. The Labute approximate surface area is 377 Å². The molecule has 0 radical (unpaired) electrons. The molecule has 0 atom stereocenters. The van der Waals surface area contributed by atoms with Crippen molar-refractivity contribution in [3.63, 3.8) is 0 Å². The van der Waals surface area contributed by atoms with Gasteiger partial charge in [-0.25, -0.2) is 0 Å². The maximum Gasteiger partial charge on any atom is 0.0462 e. The average molecular weight is 822 g/mol. The first kappa shape index (κ1) is 39.7. The number of para-hydroxylation sites is 4. The Hall–Kier alpha value is -8.40. The Kier molecular flexibility index (Phi) is 11.4. The van der Waals surface area contributed by atoms with Gasteiger partial charge in [0, 0.05) is 51.2 Å². The van der Waals surface area contributed by atoms with E-state index in [2.05, 4.69) is 289 Å². The first-order valence-electron chi connectivity index (χ1n) is 21.8. The van der Waals surface area contributed by atoms with Crippen molar-refractivity contribution in [1.29, 1.82) is 0 Å². The van der Waals surface area contributed by atoms with Crippen LogP contribution in [0.3, 0.4) is 0 Å². The van der Waals surface area contributed by atoms with Crippen LogP contribution in [-0.4, -0.2) is 0 Å². The molecule has 0 saturated carbocycles. The molecule has 0 aliphatic rings. The van der Waals surface area contributed by atoms with Crippen LogP contribution >= 0.6 is 0 Å². The number of hydrogen-bond donors (Lipinski definition) is 0. The summed E-state index contributed by atoms with van der Waals surface area (Å²) in [5.74, 6) is 0. The molecule has 3 heteroatoms. The van der Waals surface area contributed by atoms with Gasteiger partial charge in [0.15, 0.2) is 0 Å². The quantitative estimate of drug-likeness (QED) is 0.122. The Bertz CT molecular complexity index is 2990. The summed E-state index contributed by atoms with van der Waals surface area (Å²) in [5, 5.41) is 0. The molecule has 0 saturated heterocycles. The van der Waals surface area contributed by atoms with Crippen molar-refractivity contribution in [2.45, 2.75) is 6.92 Å². The summed E-state index contributed by atoms with van der Waals surface area (Å²) in [5.41, 5.74) is 18.3. The number of benzene rings is 10. The summed E-state index contributed by atoms with van der Waals surface area (Å²) in [6.45, 7) is 2.12. The zero-order valence-electron chi connectivity index (χ0n) is 35.7. The maximum absolute atomic E-state index is 2.32. The van der Waals surface area contributed by atoms with E-state index in [-0.39, 0.29) is 0 Å². The highest BCUT2D eigenvalue weighted by Crippen LogP contribution is 2.40. The van der Waals surface area contributed by atoms with E-state index < -0.39 is 0 Å². The molecule has 3 nitrogen and oxygen atoms in total. The first-order valence-corrected chi connectivity index (χ1v) is 21.8. The minimum absolute atomic E-state index is 1.09. The lowest BCUT2D eigenvalue weighted by atomic mass is 10.0. The van der Waals surface area contributed by atoms with Crippen LogP contribution < -0.4 is 14.7 Å². The second-order valence-corrected chi connectivity index (χ2v) is 15.9. The van der Waals surface area contributed by atoms with Crippen molar-refractivity contribution in [3.8, 4) is 33.4 Å². The van der Waals surface area contributed by atoms with Crippen LogP contribution in [0.5, 0.6) is 0 Å². The third-order valence-electron chi connectivity index (χ3n) is 11.7. The number of nitrogens with zero attached hydrogens (tertiary/aromatic N) is 3. The van der Waals surface area contributed by atoms with Gasteiger partial charge < -0.3 is 14.7 Å². The number of aryl methyl sites for hydroxylation is 1. The molecule has 10 aromatic carbocycles. The topological polar surface area (TPSA) is 9.72 Å². The van der Waals surface area contributed by atoms with Gasteiger partial charge in [0.2, 0.25) is 0 Å². The highest BCUT2D eigenvalue weighted by molar-refractivity contribution is 5.83. The highest BCUT2D eigenvalue weighted by Gasteiger charge is 2.16. The summed E-state index contributed by atoms with van der Waals surface area (Å²) in [6.07, 6.45) is 0. The molecule has 10 aromatic rings. The monoisotopic (exact) mass is 821 g/mol. The lowest BCUT2D eigenvalue weighted by Gasteiger charge is -2.26. The molecule has 0 amide bonds. The van der Waals surface area contributed by atoms with E-state index in [0.717, 1.165) is 67.9 Å². The van der Waals surface area contributed by atoms with Crippen LogP contribution in [0.15, 0.2) is 267 Å². The normalized spacial score (nSPS) is 10.9. The zero-order chi connectivity index (χ0) is 43.1. The molecule has 0 aliphatic carbocycles. The molecule has 0 unspecified atom stereocenters. The number of anilines is 9. The predicted molar refractivity (Wildman–Crippen MR) is 272 cm³/mol. The molecule has 64 heavy (non-hydrogen) atoms. The van der Waals surface area contributed by atoms with E-state index in [9.17, 15) is 0 Å². The molecule has 0 heterocycles. The van der Waals surface area contributed by atoms with Crippen molar-refractivity contribution in [2.24, 2.45) is 0 Å². The van der Waals surface area contributed by atoms with E-state index >= 15 is 0 Å². The van der Waals surface area contributed by atoms with Gasteiger partial charge in [0.05, 0.1) is 0 Å². The van der Waals surface area contributed by atoms with Crippen LogP contribution in [0.2, 0.25) is 0 Å². The smallest absolute Gasteiger partial charge is 0.0462 e. The van der Waals surface area contributed by atoms with Gasteiger partial charge in [-0.05, 0) is 149 Å². The van der Waals surface area contributed by atoms with Crippen LogP contribution in [0.4, 0.5) is 51.2 Å². The van der Waals surface area contributed by atoms with Gasteiger partial charge in [-0.1, -0.05) is 163 Å². The Morgan fingerprint density at radius 1 is 0.172 bits per heavy atom. The van der Waals surface area contributed by atoms with Crippen molar-refractivity contribution in [1.82, 2.24) is 0 Å². The van der Waals surface area contributed by atoms with Crippen molar-refractivity contribution in [2.75, 3.05) is 14.7 Å². The van der Waals surface area contributed by atoms with E-state index in [1.165, 1.54) is 22.3 Å². The molecular formula is C61H47N3. The fraction of sp³-hybridized carbons (Fsp3) is 0.0164. The summed E-state index contributed by atoms with van der Waals surface area (Å²) in [4.78, 5) is 6.92. The number of hydrogen-bond acceptors (Lipinski definition) is 3. The second kappa shape index (κ2) is 18.3. The molecule has 0 spiro atoms.